The van der Waals surface area contributed by atoms with E-state index in [2.05, 4.69) is 22.1 Å². The first-order valence-electron chi connectivity index (χ1n) is 10.5. The largest absolute Gasteiger partial charge is 0.440 e. The highest BCUT2D eigenvalue weighted by Crippen LogP contribution is 2.31. The van der Waals surface area contributed by atoms with Gasteiger partial charge in [-0.3, -0.25) is 0 Å². The fourth-order valence-corrected chi connectivity index (χ4v) is 3.88. The number of anilines is 1. The SMILES string of the molecule is Cc1cnc(-c2nc(C(C)c3ccc(F)cc3)c(NCCN3CCCC3)nc2C)o1. The van der Waals surface area contributed by atoms with Crippen LogP contribution in [0.2, 0.25) is 0 Å². The van der Waals surface area contributed by atoms with Gasteiger partial charge >= 0.3 is 0 Å². The molecule has 0 spiro atoms. The van der Waals surface area contributed by atoms with Gasteiger partial charge in [-0.15, -0.1) is 0 Å². The van der Waals surface area contributed by atoms with Crippen LogP contribution in [0.4, 0.5) is 10.2 Å². The molecule has 1 N–H and O–H groups in total. The molecule has 1 aromatic carbocycles. The summed E-state index contributed by atoms with van der Waals surface area (Å²) in [5.74, 6) is 1.64. The zero-order chi connectivity index (χ0) is 21.1. The molecule has 158 valence electrons. The second-order valence-corrected chi connectivity index (χ2v) is 7.92. The van der Waals surface area contributed by atoms with E-state index in [9.17, 15) is 4.39 Å². The Morgan fingerprint density at radius 1 is 1.13 bits per heavy atom. The fourth-order valence-electron chi connectivity index (χ4n) is 3.88. The predicted octanol–water partition coefficient (Wildman–Crippen LogP) is 4.55. The van der Waals surface area contributed by atoms with Crippen LogP contribution in [-0.4, -0.2) is 46.0 Å². The van der Waals surface area contributed by atoms with E-state index in [1.165, 1.54) is 25.0 Å². The molecule has 0 amide bonds. The summed E-state index contributed by atoms with van der Waals surface area (Å²) in [6.45, 7) is 9.93. The number of oxazole rings is 1. The maximum absolute atomic E-state index is 13.4. The molecular formula is C23H28FN5O. The third-order valence-electron chi connectivity index (χ3n) is 5.62. The van der Waals surface area contributed by atoms with Crippen LogP contribution in [0.3, 0.4) is 0 Å². The number of halogens is 1. The quantitative estimate of drug-likeness (QED) is 0.618. The van der Waals surface area contributed by atoms with Gasteiger partial charge in [0, 0.05) is 19.0 Å². The molecule has 1 unspecified atom stereocenters. The topological polar surface area (TPSA) is 67.1 Å². The van der Waals surface area contributed by atoms with Crippen molar-refractivity contribution in [3.63, 3.8) is 0 Å². The van der Waals surface area contributed by atoms with Gasteiger partial charge in [-0.05, 0) is 57.5 Å². The molecule has 7 heteroatoms. The summed E-state index contributed by atoms with van der Waals surface area (Å²) in [7, 11) is 0. The van der Waals surface area contributed by atoms with Crippen molar-refractivity contribution < 1.29 is 8.81 Å². The Bertz CT molecular complexity index is 995. The molecular weight excluding hydrogens is 381 g/mol. The standard InChI is InChI=1S/C23H28FN5O/c1-15-14-26-23(30-15)21-17(3)27-22(25-10-13-29-11-4-5-12-29)20(28-21)16(2)18-6-8-19(24)9-7-18/h6-9,14,16H,4-5,10-13H2,1-3H3,(H,25,27). The van der Waals surface area contributed by atoms with Crippen molar-refractivity contribution in [2.75, 3.05) is 31.5 Å². The van der Waals surface area contributed by atoms with Crippen molar-refractivity contribution >= 4 is 5.82 Å². The molecule has 0 aliphatic carbocycles. The van der Waals surface area contributed by atoms with Gasteiger partial charge in [-0.1, -0.05) is 19.1 Å². The summed E-state index contributed by atoms with van der Waals surface area (Å²) in [6.07, 6.45) is 4.23. The first kappa shape index (κ1) is 20.5. The highest BCUT2D eigenvalue weighted by Gasteiger charge is 2.21. The van der Waals surface area contributed by atoms with Gasteiger partial charge in [0.15, 0.2) is 0 Å². The number of rotatable bonds is 7. The van der Waals surface area contributed by atoms with E-state index in [0.29, 0.717) is 11.6 Å². The van der Waals surface area contributed by atoms with E-state index >= 15 is 0 Å². The minimum absolute atomic E-state index is 0.0669. The molecule has 3 heterocycles. The normalized spacial score (nSPS) is 15.5. The van der Waals surface area contributed by atoms with E-state index < -0.39 is 0 Å². The molecule has 3 aromatic rings. The number of hydrogen-bond acceptors (Lipinski definition) is 6. The van der Waals surface area contributed by atoms with Crippen LogP contribution in [0.15, 0.2) is 34.9 Å². The van der Waals surface area contributed by atoms with E-state index in [0.717, 1.165) is 54.7 Å². The molecule has 1 aliphatic heterocycles. The number of likely N-dealkylation sites (tertiary alicyclic amines) is 1. The Morgan fingerprint density at radius 3 is 2.53 bits per heavy atom. The van der Waals surface area contributed by atoms with Gasteiger partial charge in [-0.25, -0.2) is 19.3 Å². The lowest BCUT2D eigenvalue weighted by molar-refractivity contribution is 0.352. The lowest BCUT2D eigenvalue weighted by atomic mass is 9.97. The second-order valence-electron chi connectivity index (χ2n) is 7.92. The Balaban J connectivity index is 1.66. The number of nitrogens with one attached hydrogen (secondary N) is 1. The van der Waals surface area contributed by atoms with Crippen LogP contribution in [0.1, 0.15) is 48.4 Å². The molecule has 0 bridgehead atoms. The van der Waals surface area contributed by atoms with Crippen LogP contribution >= 0.6 is 0 Å². The molecule has 6 nitrogen and oxygen atoms in total. The zero-order valence-corrected chi connectivity index (χ0v) is 17.8. The van der Waals surface area contributed by atoms with E-state index in [1.807, 2.05) is 13.8 Å². The smallest absolute Gasteiger partial charge is 0.247 e. The molecule has 0 radical (unpaired) electrons. The third-order valence-corrected chi connectivity index (χ3v) is 5.62. The molecule has 4 rings (SSSR count). The van der Waals surface area contributed by atoms with E-state index in [-0.39, 0.29) is 11.7 Å². The van der Waals surface area contributed by atoms with E-state index in [1.54, 1.807) is 18.3 Å². The predicted molar refractivity (Wildman–Crippen MR) is 115 cm³/mol. The first-order valence-corrected chi connectivity index (χ1v) is 10.5. The van der Waals surface area contributed by atoms with Crippen molar-refractivity contribution in [3.05, 3.63) is 59.0 Å². The zero-order valence-electron chi connectivity index (χ0n) is 17.8. The molecule has 2 aromatic heterocycles. The summed E-state index contributed by atoms with van der Waals surface area (Å²) in [6, 6.07) is 6.55. The fraction of sp³-hybridized carbons (Fsp3) is 0.435. The summed E-state index contributed by atoms with van der Waals surface area (Å²) >= 11 is 0. The van der Waals surface area contributed by atoms with Crippen molar-refractivity contribution in [1.82, 2.24) is 19.9 Å². The van der Waals surface area contributed by atoms with Crippen molar-refractivity contribution in [2.45, 2.75) is 39.5 Å². The van der Waals surface area contributed by atoms with E-state index in [4.69, 9.17) is 14.4 Å². The van der Waals surface area contributed by atoms with Crippen LogP contribution in [0, 0.1) is 19.7 Å². The van der Waals surface area contributed by atoms with Crippen molar-refractivity contribution in [2.24, 2.45) is 0 Å². The van der Waals surface area contributed by atoms with Crippen LogP contribution < -0.4 is 5.32 Å². The van der Waals surface area contributed by atoms with Gasteiger partial charge in [0.2, 0.25) is 5.89 Å². The Kier molecular flexibility index (Phi) is 6.08. The first-order chi connectivity index (χ1) is 14.5. The highest BCUT2D eigenvalue weighted by molar-refractivity contribution is 5.57. The van der Waals surface area contributed by atoms with Crippen LogP contribution in [-0.2, 0) is 0 Å². The van der Waals surface area contributed by atoms with Gasteiger partial charge in [0.25, 0.3) is 0 Å². The maximum atomic E-state index is 13.4. The monoisotopic (exact) mass is 409 g/mol. The summed E-state index contributed by atoms with van der Waals surface area (Å²) < 4.78 is 19.1. The van der Waals surface area contributed by atoms with Gasteiger partial charge in [0.1, 0.15) is 23.1 Å². The lowest BCUT2D eigenvalue weighted by Crippen LogP contribution is -2.26. The summed E-state index contributed by atoms with van der Waals surface area (Å²) in [5.41, 5.74) is 3.18. The minimum atomic E-state index is -0.249. The van der Waals surface area contributed by atoms with Gasteiger partial charge in [-0.2, -0.15) is 0 Å². The minimum Gasteiger partial charge on any atom is -0.440 e. The average molecular weight is 410 g/mol. The number of benzene rings is 1. The Labute approximate surface area is 176 Å². The van der Waals surface area contributed by atoms with Crippen molar-refractivity contribution in [3.8, 4) is 11.6 Å². The number of hydrogen-bond donors (Lipinski definition) is 1. The van der Waals surface area contributed by atoms with Crippen molar-refractivity contribution in [1.29, 1.82) is 0 Å². The lowest BCUT2D eigenvalue weighted by Gasteiger charge is -2.20. The Morgan fingerprint density at radius 2 is 1.87 bits per heavy atom. The van der Waals surface area contributed by atoms with Crippen LogP contribution in [0.5, 0.6) is 0 Å². The molecule has 1 fully saturated rings. The number of aromatic nitrogens is 3. The van der Waals surface area contributed by atoms with Gasteiger partial charge < -0.3 is 14.6 Å². The number of nitrogens with zero attached hydrogens (tertiary/aromatic N) is 4. The molecule has 1 aliphatic rings. The number of aryl methyl sites for hydroxylation is 2. The summed E-state index contributed by atoms with van der Waals surface area (Å²) in [5, 5.41) is 3.49. The molecule has 30 heavy (non-hydrogen) atoms. The molecule has 1 saturated heterocycles. The van der Waals surface area contributed by atoms with Crippen LogP contribution in [0.25, 0.3) is 11.6 Å². The molecule has 1 atom stereocenters. The maximum Gasteiger partial charge on any atom is 0.247 e. The molecule has 0 saturated carbocycles. The van der Waals surface area contributed by atoms with Gasteiger partial charge in [0.05, 0.1) is 17.6 Å². The third kappa shape index (κ3) is 4.51. The average Bonchev–Trinajstić information content (AvgIpc) is 3.40. The highest BCUT2D eigenvalue weighted by atomic mass is 19.1. The Hall–Kier alpha value is -2.80. The summed E-state index contributed by atoms with van der Waals surface area (Å²) in [4.78, 5) is 16.5. The second kappa shape index (κ2) is 8.92.